The van der Waals surface area contributed by atoms with Gasteiger partial charge in [0.05, 0.1) is 12.2 Å². The second-order valence-electron chi connectivity index (χ2n) is 4.18. The number of carboxylic acid groups (broad SMARTS) is 1. The van der Waals surface area contributed by atoms with Crippen LogP contribution in [-0.2, 0) is 6.42 Å². The van der Waals surface area contributed by atoms with Gasteiger partial charge in [0.15, 0.2) is 0 Å². The van der Waals surface area contributed by atoms with E-state index < -0.39 is 5.97 Å². The van der Waals surface area contributed by atoms with Gasteiger partial charge in [0.25, 0.3) is 0 Å². The van der Waals surface area contributed by atoms with Gasteiger partial charge in [-0.1, -0.05) is 6.07 Å². The van der Waals surface area contributed by atoms with Crippen LogP contribution in [0.1, 0.15) is 20.8 Å². The molecule has 0 aliphatic rings. The molecule has 1 aromatic heterocycles. The van der Waals surface area contributed by atoms with E-state index in [1.54, 1.807) is 24.3 Å². The second-order valence-corrected chi connectivity index (χ2v) is 5.22. The molecule has 0 saturated heterocycles. The third kappa shape index (κ3) is 3.26. The molecule has 0 bridgehead atoms. The van der Waals surface area contributed by atoms with Crippen molar-refractivity contribution < 1.29 is 14.6 Å². The van der Waals surface area contributed by atoms with Gasteiger partial charge in [-0.3, -0.25) is 0 Å². The van der Waals surface area contributed by atoms with E-state index >= 15 is 0 Å². The Labute approximate surface area is 115 Å². The molecule has 2 rings (SSSR count). The number of thiophene rings is 1. The van der Waals surface area contributed by atoms with Crippen LogP contribution in [0.15, 0.2) is 29.6 Å². The van der Waals surface area contributed by atoms with E-state index in [1.165, 1.54) is 10.9 Å². The fraction of sp³-hybridized carbons (Fsp3) is 0.214. The average Bonchev–Trinajstić information content (AvgIpc) is 2.86. The monoisotopic (exact) mass is 277 g/mol. The summed E-state index contributed by atoms with van der Waals surface area (Å²) in [6.07, 6.45) is 0.809. The summed E-state index contributed by atoms with van der Waals surface area (Å²) in [7, 11) is 0. The number of hydrogen-bond donors (Lipinski definition) is 2. The van der Waals surface area contributed by atoms with Crippen molar-refractivity contribution in [3.05, 3.63) is 45.6 Å². The predicted molar refractivity (Wildman–Crippen MR) is 76.1 cm³/mol. The Morgan fingerprint density at radius 1 is 1.47 bits per heavy atom. The Balaban J connectivity index is 2.06. The lowest BCUT2D eigenvalue weighted by molar-refractivity contribution is 0.0697. The summed E-state index contributed by atoms with van der Waals surface area (Å²) in [5.41, 5.74) is 6.82. The first-order valence-corrected chi connectivity index (χ1v) is 6.74. The van der Waals surface area contributed by atoms with Crippen LogP contribution < -0.4 is 10.5 Å². The van der Waals surface area contributed by atoms with Crippen LogP contribution in [0.25, 0.3) is 0 Å². The summed E-state index contributed by atoms with van der Waals surface area (Å²) < 4.78 is 5.59. The van der Waals surface area contributed by atoms with Crippen molar-refractivity contribution in [1.29, 1.82) is 0 Å². The number of ether oxygens (including phenoxy) is 1. The normalized spacial score (nSPS) is 10.4. The van der Waals surface area contributed by atoms with Crippen LogP contribution >= 0.6 is 11.3 Å². The SMILES string of the molecule is Cc1cc(OCCc2cccs2)cc(C(=O)O)c1N. The number of hydrogen-bond acceptors (Lipinski definition) is 4. The fourth-order valence-corrected chi connectivity index (χ4v) is 2.44. The van der Waals surface area contributed by atoms with Gasteiger partial charge < -0.3 is 15.6 Å². The third-order valence-electron chi connectivity index (χ3n) is 2.79. The number of aryl methyl sites for hydroxylation is 1. The standard InChI is InChI=1S/C14H15NO3S/c1-9-7-10(8-12(13(9)15)14(16)17)18-5-4-11-3-2-6-19-11/h2-3,6-8H,4-5,15H2,1H3,(H,16,17). The van der Waals surface area contributed by atoms with Crippen LogP contribution in [0.3, 0.4) is 0 Å². The summed E-state index contributed by atoms with van der Waals surface area (Å²) in [6, 6.07) is 7.27. The molecule has 0 fully saturated rings. The summed E-state index contributed by atoms with van der Waals surface area (Å²) >= 11 is 1.68. The van der Waals surface area contributed by atoms with Gasteiger partial charge in [-0.25, -0.2) is 4.79 Å². The maximum absolute atomic E-state index is 11.1. The highest BCUT2D eigenvalue weighted by Gasteiger charge is 2.12. The van der Waals surface area contributed by atoms with Crippen molar-refractivity contribution in [3.63, 3.8) is 0 Å². The van der Waals surface area contributed by atoms with Gasteiger partial charge in [0, 0.05) is 17.0 Å². The molecule has 100 valence electrons. The Kier molecular flexibility index (Phi) is 4.06. The Morgan fingerprint density at radius 3 is 2.89 bits per heavy atom. The van der Waals surface area contributed by atoms with E-state index in [0.717, 1.165) is 6.42 Å². The molecule has 1 heterocycles. The molecular weight excluding hydrogens is 262 g/mol. The van der Waals surface area contributed by atoms with Gasteiger partial charge in [-0.15, -0.1) is 11.3 Å². The molecule has 0 atom stereocenters. The van der Waals surface area contributed by atoms with Gasteiger partial charge in [0.1, 0.15) is 5.75 Å². The van der Waals surface area contributed by atoms with Crippen LogP contribution in [0.5, 0.6) is 5.75 Å². The van der Waals surface area contributed by atoms with E-state index in [4.69, 9.17) is 15.6 Å². The molecule has 0 radical (unpaired) electrons. The van der Waals surface area contributed by atoms with E-state index in [0.29, 0.717) is 17.9 Å². The van der Waals surface area contributed by atoms with E-state index in [1.807, 2.05) is 17.5 Å². The lowest BCUT2D eigenvalue weighted by atomic mass is 10.1. The molecule has 3 N–H and O–H groups in total. The highest BCUT2D eigenvalue weighted by atomic mass is 32.1. The first-order valence-electron chi connectivity index (χ1n) is 5.86. The third-order valence-corrected chi connectivity index (χ3v) is 3.72. The van der Waals surface area contributed by atoms with Gasteiger partial charge in [0.2, 0.25) is 0 Å². The van der Waals surface area contributed by atoms with Crippen molar-refractivity contribution in [3.8, 4) is 5.75 Å². The number of benzene rings is 1. The van der Waals surface area contributed by atoms with Gasteiger partial charge in [-0.05, 0) is 36.1 Å². The Bertz CT molecular complexity index is 579. The zero-order chi connectivity index (χ0) is 13.8. The number of nitrogens with two attached hydrogens (primary N) is 1. The van der Waals surface area contributed by atoms with Gasteiger partial charge >= 0.3 is 5.97 Å². The first kappa shape index (κ1) is 13.4. The smallest absolute Gasteiger partial charge is 0.337 e. The minimum atomic E-state index is -1.04. The van der Waals surface area contributed by atoms with E-state index in [9.17, 15) is 4.79 Å². The molecule has 1 aromatic carbocycles. The summed E-state index contributed by atoms with van der Waals surface area (Å²) in [5.74, 6) is -0.495. The molecule has 0 saturated carbocycles. The quantitative estimate of drug-likeness (QED) is 0.824. The number of aromatic carboxylic acids is 1. The molecule has 19 heavy (non-hydrogen) atoms. The highest BCUT2D eigenvalue weighted by molar-refractivity contribution is 7.09. The maximum Gasteiger partial charge on any atom is 0.337 e. The zero-order valence-electron chi connectivity index (χ0n) is 10.6. The predicted octanol–water partition coefficient (Wildman–Crippen LogP) is 2.96. The molecule has 0 amide bonds. The van der Waals surface area contributed by atoms with Crippen molar-refractivity contribution >= 4 is 23.0 Å². The maximum atomic E-state index is 11.1. The number of nitrogen functional groups attached to an aromatic ring is 1. The molecular formula is C14H15NO3S. The largest absolute Gasteiger partial charge is 0.493 e. The molecule has 0 unspecified atom stereocenters. The Morgan fingerprint density at radius 2 is 2.26 bits per heavy atom. The van der Waals surface area contributed by atoms with Crippen LogP contribution in [0, 0.1) is 6.92 Å². The summed E-state index contributed by atoms with van der Waals surface area (Å²) in [5, 5.41) is 11.1. The topological polar surface area (TPSA) is 72.5 Å². The summed E-state index contributed by atoms with van der Waals surface area (Å²) in [4.78, 5) is 12.3. The number of carbonyl (C=O) groups is 1. The van der Waals surface area contributed by atoms with Crippen LogP contribution in [-0.4, -0.2) is 17.7 Å². The molecule has 0 aliphatic heterocycles. The van der Waals surface area contributed by atoms with Crippen molar-refractivity contribution in [2.24, 2.45) is 0 Å². The summed E-state index contributed by atoms with van der Waals surface area (Å²) in [6.45, 7) is 2.29. The molecule has 2 aromatic rings. The zero-order valence-corrected chi connectivity index (χ0v) is 11.4. The first-order chi connectivity index (χ1) is 9.08. The van der Waals surface area contributed by atoms with Crippen molar-refractivity contribution in [2.45, 2.75) is 13.3 Å². The number of rotatable bonds is 5. The number of carboxylic acids is 1. The molecule has 4 nitrogen and oxygen atoms in total. The lowest BCUT2D eigenvalue weighted by Crippen LogP contribution is -2.06. The fourth-order valence-electron chi connectivity index (χ4n) is 1.75. The van der Waals surface area contributed by atoms with Crippen molar-refractivity contribution in [1.82, 2.24) is 0 Å². The van der Waals surface area contributed by atoms with E-state index in [-0.39, 0.29) is 11.3 Å². The van der Waals surface area contributed by atoms with Crippen LogP contribution in [0.2, 0.25) is 0 Å². The Hall–Kier alpha value is -2.01. The van der Waals surface area contributed by atoms with Crippen LogP contribution in [0.4, 0.5) is 5.69 Å². The number of anilines is 1. The highest BCUT2D eigenvalue weighted by Crippen LogP contribution is 2.24. The molecule has 0 spiro atoms. The minimum absolute atomic E-state index is 0.0890. The van der Waals surface area contributed by atoms with Crippen molar-refractivity contribution in [2.75, 3.05) is 12.3 Å². The molecule has 0 aliphatic carbocycles. The average molecular weight is 277 g/mol. The minimum Gasteiger partial charge on any atom is -0.493 e. The lowest BCUT2D eigenvalue weighted by Gasteiger charge is -2.10. The molecule has 5 heteroatoms. The van der Waals surface area contributed by atoms with Gasteiger partial charge in [-0.2, -0.15) is 0 Å². The van der Waals surface area contributed by atoms with E-state index in [2.05, 4.69) is 0 Å². The second kappa shape index (κ2) is 5.75.